The minimum absolute atomic E-state index is 0. The zero-order valence-corrected chi connectivity index (χ0v) is 15.3. The van der Waals surface area contributed by atoms with Crippen LogP contribution in [0.25, 0.3) is 0 Å². The van der Waals surface area contributed by atoms with Gasteiger partial charge in [0.25, 0.3) is 0 Å². The van der Waals surface area contributed by atoms with E-state index in [1.54, 1.807) is 0 Å². The second-order valence-electron chi connectivity index (χ2n) is 4.28. The highest BCUT2D eigenvalue weighted by atomic mass is 127. The summed E-state index contributed by atoms with van der Waals surface area (Å²) in [5.41, 5.74) is 0.704. The molecular formula is C12H16ClFI2N2O. The molecule has 1 aromatic carbocycles. The highest BCUT2D eigenvalue weighted by molar-refractivity contribution is 14.1. The molecule has 0 amide bonds. The average molecular weight is 513 g/mol. The van der Waals surface area contributed by atoms with Crippen LogP contribution in [-0.4, -0.2) is 42.9 Å². The van der Waals surface area contributed by atoms with Gasteiger partial charge in [0.05, 0.1) is 9.61 Å². The molecule has 0 saturated carbocycles. The number of nitrogens with zero attached hydrogens (tertiary/aromatic N) is 1. The van der Waals surface area contributed by atoms with Crippen molar-refractivity contribution in [2.75, 3.05) is 32.9 Å². The molecule has 0 bridgehead atoms. The summed E-state index contributed by atoms with van der Waals surface area (Å²) in [5.74, 6) is 0.220. The summed E-state index contributed by atoms with van der Waals surface area (Å²) in [6.07, 6.45) is 0. The molecule has 0 radical (unpaired) electrons. The smallest absolute Gasteiger partial charge is 0.133 e. The highest BCUT2D eigenvalue weighted by Crippen LogP contribution is 2.34. The molecule has 1 atom stereocenters. The van der Waals surface area contributed by atoms with Crippen molar-refractivity contribution in [1.82, 2.24) is 10.2 Å². The molecule has 1 saturated heterocycles. The SMILES string of the molecule is Cl.Oc1c(I)cc(I)cc1[C@H](CF)N1CCNCC1. The van der Waals surface area contributed by atoms with E-state index in [0.29, 0.717) is 5.56 Å². The fourth-order valence-corrected chi connectivity index (χ4v) is 4.10. The first-order valence-electron chi connectivity index (χ1n) is 5.82. The molecule has 0 aromatic heterocycles. The van der Waals surface area contributed by atoms with Crippen LogP contribution in [0.15, 0.2) is 12.1 Å². The molecule has 2 rings (SSSR count). The monoisotopic (exact) mass is 512 g/mol. The number of piperazine rings is 1. The summed E-state index contributed by atoms with van der Waals surface area (Å²) >= 11 is 4.29. The van der Waals surface area contributed by atoms with E-state index in [9.17, 15) is 9.50 Å². The van der Waals surface area contributed by atoms with Crippen LogP contribution in [0, 0.1) is 7.14 Å². The van der Waals surface area contributed by atoms with Crippen molar-refractivity contribution in [3.63, 3.8) is 0 Å². The van der Waals surface area contributed by atoms with Gasteiger partial charge in [-0.1, -0.05) is 0 Å². The van der Waals surface area contributed by atoms with Crippen LogP contribution in [0.4, 0.5) is 4.39 Å². The van der Waals surface area contributed by atoms with E-state index < -0.39 is 6.67 Å². The van der Waals surface area contributed by atoms with Crippen molar-refractivity contribution in [3.8, 4) is 5.75 Å². The fourth-order valence-electron chi connectivity index (χ4n) is 2.21. The van der Waals surface area contributed by atoms with Crippen LogP contribution < -0.4 is 5.32 Å². The molecule has 1 aliphatic rings. The zero-order valence-electron chi connectivity index (χ0n) is 10.2. The number of rotatable bonds is 3. The fraction of sp³-hybridized carbons (Fsp3) is 0.500. The Morgan fingerprint density at radius 3 is 2.53 bits per heavy atom. The maximum atomic E-state index is 13.4. The molecule has 0 unspecified atom stereocenters. The van der Waals surface area contributed by atoms with Crippen molar-refractivity contribution in [2.24, 2.45) is 0 Å². The lowest BCUT2D eigenvalue weighted by Crippen LogP contribution is -2.45. The van der Waals surface area contributed by atoms with E-state index in [4.69, 9.17) is 0 Å². The normalized spacial score (nSPS) is 17.8. The number of aromatic hydroxyl groups is 1. The Bertz CT molecular complexity index is 430. The Hall–Kier alpha value is 0.620. The van der Waals surface area contributed by atoms with Gasteiger partial charge in [-0.15, -0.1) is 12.4 Å². The number of phenols is 1. The Morgan fingerprint density at radius 1 is 1.32 bits per heavy atom. The minimum atomic E-state index is -0.469. The molecule has 3 nitrogen and oxygen atoms in total. The molecule has 1 aromatic rings. The Labute approximate surface area is 146 Å². The number of phenolic OH excluding ortho intramolecular Hbond substituents is 1. The van der Waals surface area contributed by atoms with Crippen molar-refractivity contribution < 1.29 is 9.50 Å². The molecule has 7 heteroatoms. The number of hydrogen-bond donors (Lipinski definition) is 2. The predicted molar refractivity (Wildman–Crippen MR) is 93.9 cm³/mol. The van der Waals surface area contributed by atoms with Gasteiger partial charge in [0, 0.05) is 35.3 Å². The summed E-state index contributed by atoms with van der Waals surface area (Å²) in [4.78, 5) is 2.09. The Kier molecular flexibility index (Phi) is 7.59. The molecule has 0 aliphatic carbocycles. The van der Waals surface area contributed by atoms with Crippen molar-refractivity contribution in [2.45, 2.75) is 6.04 Å². The largest absolute Gasteiger partial charge is 0.506 e. The molecule has 1 fully saturated rings. The molecule has 1 heterocycles. The molecular weight excluding hydrogens is 496 g/mol. The van der Waals surface area contributed by atoms with Crippen LogP contribution in [0.3, 0.4) is 0 Å². The third kappa shape index (κ3) is 4.29. The zero-order chi connectivity index (χ0) is 13.1. The Morgan fingerprint density at radius 2 is 1.95 bits per heavy atom. The van der Waals surface area contributed by atoms with E-state index in [0.717, 1.165) is 33.3 Å². The van der Waals surface area contributed by atoms with E-state index in [1.807, 2.05) is 12.1 Å². The lowest BCUT2D eigenvalue weighted by atomic mass is 10.0. The van der Waals surface area contributed by atoms with E-state index in [2.05, 4.69) is 55.4 Å². The van der Waals surface area contributed by atoms with Gasteiger partial charge in [-0.05, 0) is 57.3 Å². The maximum Gasteiger partial charge on any atom is 0.133 e. The first-order valence-corrected chi connectivity index (χ1v) is 7.98. The number of alkyl halides is 1. The van der Waals surface area contributed by atoms with Crippen LogP contribution >= 0.6 is 57.6 Å². The molecule has 1 aliphatic heterocycles. The first-order chi connectivity index (χ1) is 8.63. The third-order valence-electron chi connectivity index (χ3n) is 3.16. The molecule has 19 heavy (non-hydrogen) atoms. The molecule has 0 spiro atoms. The average Bonchev–Trinajstić information content (AvgIpc) is 2.37. The van der Waals surface area contributed by atoms with Crippen LogP contribution in [0.1, 0.15) is 11.6 Å². The van der Waals surface area contributed by atoms with E-state index in [-0.39, 0.29) is 24.2 Å². The van der Waals surface area contributed by atoms with Crippen LogP contribution in [0.2, 0.25) is 0 Å². The summed E-state index contributed by atoms with van der Waals surface area (Å²) in [6, 6.07) is 3.44. The molecule has 2 N–H and O–H groups in total. The van der Waals surface area contributed by atoms with Crippen molar-refractivity contribution >= 4 is 57.6 Å². The van der Waals surface area contributed by atoms with Gasteiger partial charge in [0.1, 0.15) is 12.4 Å². The van der Waals surface area contributed by atoms with E-state index in [1.165, 1.54) is 0 Å². The Balaban J connectivity index is 0.00000180. The molecule has 108 valence electrons. The van der Waals surface area contributed by atoms with Gasteiger partial charge in [0.15, 0.2) is 0 Å². The summed E-state index contributed by atoms with van der Waals surface area (Å²) in [5, 5.41) is 13.4. The second kappa shape index (κ2) is 8.16. The van der Waals surface area contributed by atoms with E-state index >= 15 is 0 Å². The number of benzene rings is 1. The van der Waals surface area contributed by atoms with Gasteiger partial charge in [-0.25, -0.2) is 4.39 Å². The lowest BCUT2D eigenvalue weighted by molar-refractivity contribution is 0.145. The predicted octanol–water partition coefficient (Wildman–Crippen LogP) is 2.94. The summed E-state index contributed by atoms with van der Waals surface area (Å²) < 4.78 is 15.2. The van der Waals surface area contributed by atoms with Crippen LogP contribution in [0.5, 0.6) is 5.75 Å². The lowest BCUT2D eigenvalue weighted by Gasteiger charge is -2.34. The highest BCUT2D eigenvalue weighted by Gasteiger charge is 2.25. The third-order valence-corrected chi connectivity index (χ3v) is 4.60. The van der Waals surface area contributed by atoms with Crippen molar-refractivity contribution in [1.29, 1.82) is 0 Å². The first kappa shape index (κ1) is 17.7. The van der Waals surface area contributed by atoms with Crippen molar-refractivity contribution in [3.05, 3.63) is 24.8 Å². The van der Waals surface area contributed by atoms with Gasteiger partial charge in [0.2, 0.25) is 0 Å². The minimum Gasteiger partial charge on any atom is -0.506 e. The van der Waals surface area contributed by atoms with Gasteiger partial charge < -0.3 is 10.4 Å². The quantitative estimate of drug-likeness (QED) is 0.612. The number of hydrogen-bond acceptors (Lipinski definition) is 3. The summed E-state index contributed by atoms with van der Waals surface area (Å²) in [6.45, 7) is 2.91. The maximum absolute atomic E-state index is 13.4. The summed E-state index contributed by atoms with van der Waals surface area (Å²) in [7, 11) is 0. The van der Waals surface area contributed by atoms with Gasteiger partial charge in [-0.3, -0.25) is 4.90 Å². The number of halogens is 4. The van der Waals surface area contributed by atoms with Gasteiger partial charge in [-0.2, -0.15) is 0 Å². The van der Waals surface area contributed by atoms with Crippen LogP contribution in [-0.2, 0) is 0 Å². The second-order valence-corrected chi connectivity index (χ2v) is 6.69. The topological polar surface area (TPSA) is 35.5 Å². The van der Waals surface area contributed by atoms with Gasteiger partial charge >= 0.3 is 0 Å². The standard InChI is InChI=1S/C12H15FI2N2O.ClH/c13-7-11(17-3-1-16-2-4-17)9-5-8(14)6-10(15)12(9)18;/h5-6,11,16,18H,1-4,7H2;1H/t11-;/m0./s1. The number of nitrogens with one attached hydrogen (secondary N) is 1.